The highest BCUT2D eigenvalue weighted by Gasteiger charge is 2.48. The molecular formula is C16H30F2N8O. The number of hydrogen-bond acceptors (Lipinski definition) is 8. The van der Waals surface area contributed by atoms with Crippen LogP contribution in [0.3, 0.4) is 0 Å². The van der Waals surface area contributed by atoms with E-state index in [1.165, 1.54) is 0 Å². The maximum Gasteiger partial charge on any atom is 0.229 e. The Balaban J connectivity index is 1.44. The van der Waals surface area contributed by atoms with E-state index in [2.05, 4.69) is 31.6 Å². The van der Waals surface area contributed by atoms with E-state index in [0.29, 0.717) is 13.1 Å². The normalized spacial score (nSPS) is 44.0. The first-order chi connectivity index (χ1) is 13.0. The summed E-state index contributed by atoms with van der Waals surface area (Å²) in [4.78, 5) is 15.1. The van der Waals surface area contributed by atoms with Gasteiger partial charge in [-0.05, 0) is 0 Å². The Hall–Kier alpha value is -0.950. The van der Waals surface area contributed by atoms with Crippen LogP contribution in [-0.4, -0.2) is 105 Å². The number of halogens is 2. The first-order valence-corrected chi connectivity index (χ1v) is 9.80. The van der Waals surface area contributed by atoms with Gasteiger partial charge in [-0.15, -0.1) is 0 Å². The molecule has 4 saturated heterocycles. The highest BCUT2D eigenvalue weighted by Crippen LogP contribution is 2.23. The second-order valence-corrected chi connectivity index (χ2v) is 7.85. The summed E-state index contributed by atoms with van der Waals surface area (Å²) in [6.45, 7) is 4.36. The predicted octanol–water partition coefficient (Wildman–Crippen LogP) is -3.33. The quantitative estimate of drug-likeness (QED) is 0.298. The van der Waals surface area contributed by atoms with Crippen LogP contribution in [0.4, 0.5) is 8.78 Å². The second-order valence-electron chi connectivity index (χ2n) is 7.85. The Morgan fingerprint density at radius 3 is 2.67 bits per heavy atom. The van der Waals surface area contributed by atoms with Gasteiger partial charge in [0.15, 0.2) is 0 Å². The fraction of sp³-hybridized carbons (Fsp3) is 0.938. The van der Waals surface area contributed by atoms with Gasteiger partial charge in [-0.2, -0.15) is 0 Å². The Labute approximate surface area is 157 Å². The molecule has 0 spiro atoms. The number of alkyl halides is 2. The van der Waals surface area contributed by atoms with Crippen molar-refractivity contribution in [1.82, 2.24) is 36.6 Å². The van der Waals surface area contributed by atoms with Crippen molar-refractivity contribution in [3.05, 3.63) is 0 Å². The van der Waals surface area contributed by atoms with Crippen LogP contribution in [0.5, 0.6) is 0 Å². The number of hydrazine groups is 1. The van der Waals surface area contributed by atoms with Crippen molar-refractivity contribution < 1.29 is 13.6 Å². The van der Waals surface area contributed by atoms with Crippen molar-refractivity contribution in [2.24, 2.45) is 11.7 Å². The Kier molecular flexibility index (Phi) is 5.88. The van der Waals surface area contributed by atoms with Crippen molar-refractivity contribution in [3.8, 4) is 0 Å². The van der Waals surface area contributed by atoms with E-state index >= 15 is 0 Å². The van der Waals surface area contributed by atoms with Crippen molar-refractivity contribution in [3.63, 3.8) is 0 Å². The fourth-order valence-corrected chi connectivity index (χ4v) is 4.73. The molecule has 154 valence electrons. The van der Waals surface area contributed by atoms with Gasteiger partial charge in [0.25, 0.3) is 0 Å². The first-order valence-electron chi connectivity index (χ1n) is 9.80. The zero-order valence-corrected chi connectivity index (χ0v) is 15.3. The number of fused-ring (bicyclic) bond motifs is 1. The molecular weight excluding hydrogens is 358 g/mol. The number of piperidine rings is 1. The topological polar surface area (TPSA) is 110 Å². The van der Waals surface area contributed by atoms with Crippen molar-refractivity contribution >= 4 is 5.91 Å². The Morgan fingerprint density at radius 1 is 1.11 bits per heavy atom. The molecule has 0 saturated carbocycles. The maximum atomic E-state index is 14.7. The fourth-order valence-electron chi connectivity index (χ4n) is 4.73. The summed E-state index contributed by atoms with van der Waals surface area (Å²) in [6.07, 6.45) is -3.02. The van der Waals surface area contributed by atoms with Crippen LogP contribution in [0, 0.1) is 5.92 Å². The molecule has 27 heavy (non-hydrogen) atoms. The highest BCUT2D eigenvalue weighted by atomic mass is 19.1. The monoisotopic (exact) mass is 388 g/mol. The minimum absolute atomic E-state index is 0.191. The number of nitrogens with zero attached hydrogens (tertiary/aromatic N) is 2. The smallest absolute Gasteiger partial charge is 0.229 e. The van der Waals surface area contributed by atoms with Crippen LogP contribution < -0.4 is 32.4 Å². The zero-order chi connectivity index (χ0) is 19.0. The molecule has 4 rings (SSSR count). The number of carbonyl (C=O) groups is 1. The molecule has 7 atom stereocenters. The van der Waals surface area contributed by atoms with E-state index in [9.17, 15) is 13.6 Å². The van der Waals surface area contributed by atoms with E-state index in [4.69, 9.17) is 5.73 Å². The van der Waals surface area contributed by atoms with Crippen LogP contribution in [0.25, 0.3) is 0 Å². The number of amides is 1. The Morgan fingerprint density at radius 2 is 1.89 bits per heavy atom. The van der Waals surface area contributed by atoms with Crippen molar-refractivity contribution in [1.29, 1.82) is 0 Å². The van der Waals surface area contributed by atoms with E-state index in [1.54, 1.807) is 5.01 Å². The number of piperazine rings is 1. The average Bonchev–Trinajstić information content (AvgIpc) is 2.97. The van der Waals surface area contributed by atoms with Gasteiger partial charge in [-0.25, -0.2) is 19.2 Å². The van der Waals surface area contributed by atoms with Gasteiger partial charge in [0, 0.05) is 52.4 Å². The standard InChI is InChI=1S/C16H30F2N8O/c17-9-5-22-15-12(14(19)24-26(15)8-9)16(27)23-11-7-21-6-10(18)13(11)25-3-1-20-2-4-25/h9-15,20-22,24H,1-8,19H2,(H,23,27). The number of hydrogen-bond donors (Lipinski definition) is 6. The zero-order valence-electron chi connectivity index (χ0n) is 15.3. The molecule has 4 aliphatic rings. The lowest BCUT2D eigenvalue weighted by Crippen LogP contribution is -2.68. The summed E-state index contributed by atoms with van der Waals surface area (Å²) < 4.78 is 28.3. The lowest BCUT2D eigenvalue weighted by molar-refractivity contribution is -0.128. The largest absolute Gasteiger partial charge is 0.350 e. The molecule has 4 aliphatic heterocycles. The van der Waals surface area contributed by atoms with Crippen LogP contribution in [0.2, 0.25) is 0 Å². The lowest BCUT2D eigenvalue weighted by Gasteiger charge is -2.44. The SMILES string of the molecule is NC1NN2CC(F)CNC2C1C(=O)NC1CNCC(F)C1N1CCNCC1. The summed E-state index contributed by atoms with van der Waals surface area (Å²) in [5, 5.41) is 14.1. The van der Waals surface area contributed by atoms with Crippen LogP contribution in [-0.2, 0) is 4.79 Å². The number of nitrogens with two attached hydrogens (primary N) is 1. The van der Waals surface area contributed by atoms with E-state index in [-0.39, 0.29) is 37.2 Å². The molecule has 0 aromatic heterocycles. The molecule has 11 heteroatoms. The van der Waals surface area contributed by atoms with Gasteiger partial charge in [0.1, 0.15) is 12.3 Å². The molecule has 0 radical (unpaired) electrons. The predicted molar refractivity (Wildman–Crippen MR) is 95.9 cm³/mol. The van der Waals surface area contributed by atoms with E-state index in [1.807, 2.05) is 0 Å². The second kappa shape index (κ2) is 8.19. The minimum atomic E-state index is -1.05. The highest BCUT2D eigenvalue weighted by molar-refractivity contribution is 5.81. The van der Waals surface area contributed by atoms with Crippen LogP contribution >= 0.6 is 0 Å². The number of rotatable bonds is 3. The van der Waals surface area contributed by atoms with Gasteiger partial charge >= 0.3 is 0 Å². The van der Waals surface area contributed by atoms with Gasteiger partial charge in [0.2, 0.25) is 5.91 Å². The third-order valence-corrected chi connectivity index (χ3v) is 6.01. The average molecular weight is 388 g/mol. The first kappa shape index (κ1) is 19.4. The molecule has 0 aromatic carbocycles. The molecule has 7 unspecified atom stereocenters. The minimum Gasteiger partial charge on any atom is -0.350 e. The van der Waals surface area contributed by atoms with Gasteiger partial charge < -0.3 is 21.7 Å². The third-order valence-electron chi connectivity index (χ3n) is 6.01. The molecule has 4 heterocycles. The van der Waals surface area contributed by atoms with E-state index in [0.717, 1.165) is 26.2 Å². The van der Waals surface area contributed by atoms with Crippen molar-refractivity contribution in [2.75, 3.05) is 52.4 Å². The molecule has 7 N–H and O–H groups in total. The summed E-state index contributed by atoms with van der Waals surface area (Å²) in [5.74, 6) is -0.797. The van der Waals surface area contributed by atoms with Gasteiger partial charge in [0.05, 0.1) is 30.3 Å². The summed E-state index contributed by atoms with van der Waals surface area (Å²) >= 11 is 0. The van der Waals surface area contributed by atoms with E-state index < -0.39 is 24.4 Å². The van der Waals surface area contributed by atoms with Crippen molar-refractivity contribution in [2.45, 2.75) is 36.8 Å². The molecule has 4 fully saturated rings. The molecule has 0 aliphatic carbocycles. The molecule has 0 bridgehead atoms. The summed E-state index contributed by atoms with van der Waals surface area (Å²) in [7, 11) is 0. The van der Waals surface area contributed by atoms with Crippen LogP contribution in [0.1, 0.15) is 0 Å². The molecule has 1 amide bonds. The Bertz CT molecular complexity index is 537. The summed E-state index contributed by atoms with van der Waals surface area (Å²) in [5.41, 5.74) is 9.09. The number of nitrogens with one attached hydrogen (secondary N) is 5. The van der Waals surface area contributed by atoms with Crippen LogP contribution in [0.15, 0.2) is 0 Å². The molecule has 0 aromatic rings. The lowest BCUT2D eigenvalue weighted by atomic mass is 9.94. The maximum absolute atomic E-state index is 14.7. The summed E-state index contributed by atoms with van der Waals surface area (Å²) in [6, 6.07) is -0.688. The third kappa shape index (κ3) is 3.95. The number of carbonyl (C=O) groups excluding carboxylic acids is 1. The molecule has 9 nitrogen and oxygen atoms in total. The van der Waals surface area contributed by atoms with Gasteiger partial charge in [-0.3, -0.25) is 15.0 Å². The van der Waals surface area contributed by atoms with Gasteiger partial charge in [-0.1, -0.05) is 0 Å².